The van der Waals surface area contributed by atoms with Gasteiger partial charge < -0.3 is 21.9 Å². The summed E-state index contributed by atoms with van der Waals surface area (Å²) in [4.78, 5) is 39.0. The molecule has 2 aromatic heterocycles. The van der Waals surface area contributed by atoms with Crippen molar-refractivity contribution < 1.29 is 14.7 Å². The Kier molecular flexibility index (Phi) is 5.58. The van der Waals surface area contributed by atoms with E-state index in [1.807, 2.05) is 0 Å². The van der Waals surface area contributed by atoms with Crippen molar-refractivity contribution in [2.24, 2.45) is 0 Å². The number of nitrogens with one attached hydrogen (secondary N) is 1. The first-order chi connectivity index (χ1) is 13.4. The van der Waals surface area contributed by atoms with E-state index in [1.54, 1.807) is 30.5 Å². The zero-order valence-electron chi connectivity index (χ0n) is 14.9. The van der Waals surface area contributed by atoms with Crippen LogP contribution in [0.5, 0.6) is 0 Å². The van der Waals surface area contributed by atoms with Crippen LogP contribution in [-0.4, -0.2) is 36.8 Å². The molecule has 0 atom stereocenters. The molecule has 6 N–H and O–H groups in total. The van der Waals surface area contributed by atoms with Gasteiger partial charge in [-0.2, -0.15) is 9.97 Å². The molecule has 0 saturated carbocycles. The van der Waals surface area contributed by atoms with E-state index in [-0.39, 0.29) is 30.4 Å². The number of aromatic nitrogens is 4. The fourth-order valence-corrected chi connectivity index (χ4v) is 2.58. The maximum absolute atomic E-state index is 12.0. The van der Waals surface area contributed by atoms with Crippen LogP contribution in [0.15, 0.2) is 30.5 Å². The third-order valence-corrected chi connectivity index (χ3v) is 3.98. The van der Waals surface area contributed by atoms with Gasteiger partial charge >= 0.3 is 5.97 Å². The molecule has 144 valence electrons. The van der Waals surface area contributed by atoms with Crippen molar-refractivity contribution in [2.75, 3.05) is 16.8 Å². The van der Waals surface area contributed by atoms with Gasteiger partial charge in [0.2, 0.25) is 5.95 Å². The van der Waals surface area contributed by atoms with Gasteiger partial charge in [-0.3, -0.25) is 9.59 Å². The topological polar surface area (TPSA) is 170 Å². The molecule has 28 heavy (non-hydrogen) atoms. The van der Waals surface area contributed by atoms with Gasteiger partial charge in [-0.25, -0.2) is 9.97 Å². The molecule has 10 nitrogen and oxygen atoms in total. The van der Waals surface area contributed by atoms with Gasteiger partial charge in [0.25, 0.3) is 0 Å². The fraction of sp³-hybridized carbons (Fsp3) is 0.222. The van der Waals surface area contributed by atoms with Crippen LogP contribution in [0.2, 0.25) is 0 Å². The van der Waals surface area contributed by atoms with Crippen molar-refractivity contribution in [1.29, 1.82) is 0 Å². The number of Topliss-reactive ketones (excluding diaryl/α,β-unsaturated/α-hetero) is 1. The van der Waals surface area contributed by atoms with Crippen molar-refractivity contribution in [3.05, 3.63) is 41.7 Å². The maximum atomic E-state index is 12.0. The van der Waals surface area contributed by atoms with Gasteiger partial charge in [-0.15, -0.1) is 0 Å². The van der Waals surface area contributed by atoms with E-state index in [0.717, 1.165) is 5.69 Å². The number of rotatable bonds is 8. The molecular formula is C18H19N7O3. The number of anilines is 3. The normalized spacial score (nSPS) is 10.7. The van der Waals surface area contributed by atoms with E-state index < -0.39 is 5.97 Å². The lowest BCUT2D eigenvalue weighted by atomic mass is 10.1. The van der Waals surface area contributed by atoms with Gasteiger partial charge in [-0.05, 0) is 30.7 Å². The van der Waals surface area contributed by atoms with Gasteiger partial charge in [0.1, 0.15) is 0 Å². The highest BCUT2D eigenvalue weighted by Crippen LogP contribution is 2.16. The van der Waals surface area contributed by atoms with Crippen LogP contribution in [0.3, 0.4) is 0 Å². The number of nitrogens with two attached hydrogens (primary N) is 2. The van der Waals surface area contributed by atoms with E-state index in [0.29, 0.717) is 35.4 Å². The minimum atomic E-state index is -0.902. The van der Waals surface area contributed by atoms with Gasteiger partial charge in [0.15, 0.2) is 22.8 Å². The molecule has 0 aliphatic carbocycles. The second-order valence-corrected chi connectivity index (χ2v) is 6.10. The van der Waals surface area contributed by atoms with Crippen LogP contribution >= 0.6 is 0 Å². The first-order valence-corrected chi connectivity index (χ1v) is 8.56. The van der Waals surface area contributed by atoms with Gasteiger partial charge in [0, 0.05) is 24.1 Å². The summed E-state index contributed by atoms with van der Waals surface area (Å²) in [6.45, 7) is 0.388. The molecule has 0 amide bonds. The highest BCUT2D eigenvalue weighted by molar-refractivity contribution is 5.96. The monoisotopic (exact) mass is 381 g/mol. The number of fused-ring (bicyclic) bond motifs is 1. The maximum Gasteiger partial charge on any atom is 0.303 e. The predicted molar refractivity (Wildman–Crippen MR) is 104 cm³/mol. The van der Waals surface area contributed by atoms with E-state index in [2.05, 4.69) is 25.3 Å². The van der Waals surface area contributed by atoms with Gasteiger partial charge in [0.05, 0.1) is 18.4 Å². The van der Waals surface area contributed by atoms with Crippen LogP contribution in [0.25, 0.3) is 11.2 Å². The number of carbonyl (C=O) groups excluding carboxylic acids is 1. The number of carboxylic acids is 1. The highest BCUT2D eigenvalue weighted by Gasteiger charge is 2.09. The minimum Gasteiger partial charge on any atom is -0.481 e. The van der Waals surface area contributed by atoms with Crippen molar-refractivity contribution >= 4 is 40.4 Å². The standard InChI is InChI=1S/C18H19N7O3/c19-16-15-17(25-18(20)24-16)22-9-12(23-15)8-21-11-6-4-10(5-7-11)13(26)2-1-3-14(27)28/h4-7,9,21H,1-3,8H2,(H,27,28)(H4,19,20,22,24,25). The summed E-state index contributed by atoms with van der Waals surface area (Å²) in [7, 11) is 0. The summed E-state index contributed by atoms with van der Waals surface area (Å²) in [5.74, 6) is -0.769. The van der Waals surface area contributed by atoms with Crippen LogP contribution in [0.1, 0.15) is 35.3 Å². The van der Waals surface area contributed by atoms with Crippen molar-refractivity contribution in [3.8, 4) is 0 Å². The zero-order valence-corrected chi connectivity index (χ0v) is 14.9. The molecule has 0 fully saturated rings. The number of carbonyl (C=O) groups is 2. The largest absolute Gasteiger partial charge is 0.481 e. The third kappa shape index (κ3) is 4.67. The molecule has 1 aromatic carbocycles. The summed E-state index contributed by atoms with van der Waals surface area (Å²) < 4.78 is 0. The molecule has 0 unspecified atom stereocenters. The van der Waals surface area contributed by atoms with E-state index in [1.165, 1.54) is 0 Å². The second-order valence-electron chi connectivity index (χ2n) is 6.10. The zero-order chi connectivity index (χ0) is 20.1. The molecule has 2 heterocycles. The Morgan fingerprint density at radius 1 is 1.04 bits per heavy atom. The number of aliphatic carboxylic acids is 1. The number of nitrogens with zero attached hydrogens (tertiary/aromatic N) is 4. The Labute approximate surface area is 160 Å². The lowest BCUT2D eigenvalue weighted by molar-refractivity contribution is -0.137. The minimum absolute atomic E-state index is 0.0136. The van der Waals surface area contributed by atoms with E-state index >= 15 is 0 Å². The van der Waals surface area contributed by atoms with Crippen molar-refractivity contribution in [3.63, 3.8) is 0 Å². The summed E-state index contributed by atoms with van der Waals surface area (Å²) in [6, 6.07) is 6.95. The summed E-state index contributed by atoms with van der Waals surface area (Å²) in [5, 5.41) is 11.8. The molecule has 3 aromatic rings. The molecule has 0 aliphatic heterocycles. The number of hydrogen-bond acceptors (Lipinski definition) is 9. The number of ketones is 1. The smallest absolute Gasteiger partial charge is 0.303 e. The Morgan fingerprint density at radius 2 is 1.79 bits per heavy atom. The number of hydrogen-bond donors (Lipinski definition) is 4. The molecule has 0 spiro atoms. The highest BCUT2D eigenvalue weighted by atomic mass is 16.4. The van der Waals surface area contributed by atoms with Crippen LogP contribution in [-0.2, 0) is 11.3 Å². The molecule has 0 radical (unpaired) electrons. The SMILES string of the molecule is Nc1nc(N)c2nc(CNc3ccc(C(=O)CCCC(=O)O)cc3)cnc2n1. The quantitative estimate of drug-likeness (QED) is 0.420. The molecular weight excluding hydrogens is 362 g/mol. The molecule has 0 aliphatic rings. The number of carboxylic acid groups (broad SMARTS) is 1. The van der Waals surface area contributed by atoms with Crippen molar-refractivity contribution in [1.82, 2.24) is 19.9 Å². The third-order valence-electron chi connectivity index (χ3n) is 3.98. The van der Waals surface area contributed by atoms with E-state index in [4.69, 9.17) is 16.6 Å². The molecule has 3 rings (SSSR count). The fourth-order valence-electron chi connectivity index (χ4n) is 2.58. The first-order valence-electron chi connectivity index (χ1n) is 8.56. The average molecular weight is 381 g/mol. The lowest BCUT2D eigenvalue weighted by Crippen LogP contribution is -2.07. The van der Waals surface area contributed by atoms with E-state index in [9.17, 15) is 9.59 Å². The summed E-state index contributed by atoms with van der Waals surface area (Å²) >= 11 is 0. The number of benzene rings is 1. The molecule has 0 bridgehead atoms. The Balaban J connectivity index is 1.61. The predicted octanol–water partition coefficient (Wildman–Crippen LogP) is 1.63. The summed E-state index contributed by atoms with van der Waals surface area (Å²) in [6.07, 6.45) is 2.09. The Hall–Kier alpha value is -3.82. The first kappa shape index (κ1) is 19.0. The molecule has 10 heteroatoms. The second kappa shape index (κ2) is 8.25. The Bertz CT molecular complexity index is 1020. The lowest BCUT2D eigenvalue weighted by Gasteiger charge is -2.08. The Morgan fingerprint density at radius 3 is 2.50 bits per heavy atom. The average Bonchev–Trinajstić information content (AvgIpc) is 2.66. The van der Waals surface area contributed by atoms with Crippen molar-refractivity contribution in [2.45, 2.75) is 25.8 Å². The van der Waals surface area contributed by atoms with Crippen LogP contribution in [0.4, 0.5) is 17.5 Å². The van der Waals surface area contributed by atoms with Crippen LogP contribution in [0, 0.1) is 0 Å². The number of nitrogen functional groups attached to an aromatic ring is 2. The van der Waals surface area contributed by atoms with Crippen LogP contribution < -0.4 is 16.8 Å². The van der Waals surface area contributed by atoms with Gasteiger partial charge in [-0.1, -0.05) is 0 Å². The summed E-state index contributed by atoms with van der Waals surface area (Å²) in [5.41, 5.74) is 14.0. The molecule has 0 saturated heterocycles.